The van der Waals surface area contributed by atoms with Gasteiger partial charge in [0.15, 0.2) is 0 Å². The highest BCUT2D eigenvalue weighted by molar-refractivity contribution is 5.80. The monoisotopic (exact) mass is 214 g/mol. The first-order valence-electron chi connectivity index (χ1n) is 5.58. The highest BCUT2D eigenvalue weighted by atomic mass is 16.5. The highest BCUT2D eigenvalue weighted by Gasteiger charge is 2.27. The van der Waals surface area contributed by atoms with E-state index in [0.29, 0.717) is 0 Å². The molecular formula is C11H22N2O2. The molecule has 2 atom stereocenters. The average Bonchev–Trinajstić information content (AvgIpc) is 2.37. The lowest BCUT2D eigenvalue weighted by atomic mass is 10.2. The Morgan fingerprint density at radius 2 is 2.13 bits per heavy atom. The van der Waals surface area contributed by atoms with Gasteiger partial charge in [0.2, 0.25) is 0 Å². The van der Waals surface area contributed by atoms with E-state index >= 15 is 0 Å². The Labute approximate surface area is 92.2 Å². The summed E-state index contributed by atoms with van der Waals surface area (Å²) in [4.78, 5) is 16.2. The Kier molecular flexibility index (Phi) is 4.54. The summed E-state index contributed by atoms with van der Waals surface area (Å²) in [6, 6.07) is 0.280. The lowest BCUT2D eigenvalue weighted by molar-refractivity contribution is -0.142. The number of carbonyl (C=O) groups excluding carboxylic acids is 1. The molecule has 0 radical (unpaired) electrons. The van der Waals surface area contributed by atoms with Crippen molar-refractivity contribution in [1.29, 1.82) is 0 Å². The van der Waals surface area contributed by atoms with Gasteiger partial charge in [-0.25, -0.2) is 0 Å². The minimum Gasteiger partial charge on any atom is -0.372 e. The van der Waals surface area contributed by atoms with Crippen LogP contribution in [0, 0.1) is 0 Å². The van der Waals surface area contributed by atoms with E-state index in [-0.39, 0.29) is 18.1 Å². The molecule has 0 saturated carbocycles. The molecule has 0 spiro atoms. The van der Waals surface area contributed by atoms with Crippen LogP contribution in [0.15, 0.2) is 0 Å². The van der Waals surface area contributed by atoms with E-state index in [1.54, 1.807) is 7.11 Å². The van der Waals surface area contributed by atoms with Crippen LogP contribution in [-0.4, -0.2) is 61.6 Å². The van der Waals surface area contributed by atoms with Crippen LogP contribution in [-0.2, 0) is 9.53 Å². The molecule has 1 saturated heterocycles. The molecular weight excluding hydrogens is 192 g/mol. The normalized spacial score (nSPS) is 26.1. The van der Waals surface area contributed by atoms with Gasteiger partial charge >= 0.3 is 0 Å². The van der Waals surface area contributed by atoms with Crippen molar-refractivity contribution in [3.63, 3.8) is 0 Å². The minimum atomic E-state index is -0.323. The lowest BCUT2D eigenvalue weighted by Gasteiger charge is -2.29. The zero-order chi connectivity index (χ0) is 11.4. The van der Waals surface area contributed by atoms with Crippen LogP contribution in [0.2, 0.25) is 0 Å². The van der Waals surface area contributed by atoms with Gasteiger partial charge in [-0.15, -0.1) is 0 Å². The summed E-state index contributed by atoms with van der Waals surface area (Å²) in [7, 11) is 3.68. The Balaban J connectivity index is 2.63. The van der Waals surface area contributed by atoms with Gasteiger partial charge < -0.3 is 14.5 Å². The van der Waals surface area contributed by atoms with Crippen LogP contribution in [0.5, 0.6) is 0 Å². The number of hydrogen-bond donors (Lipinski definition) is 0. The van der Waals surface area contributed by atoms with E-state index in [1.165, 1.54) is 0 Å². The first-order valence-corrected chi connectivity index (χ1v) is 5.58. The summed E-state index contributed by atoms with van der Waals surface area (Å²) in [5.41, 5.74) is 0. The second-order valence-corrected chi connectivity index (χ2v) is 4.37. The van der Waals surface area contributed by atoms with Crippen molar-refractivity contribution in [2.24, 2.45) is 0 Å². The third kappa shape index (κ3) is 3.18. The van der Waals surface area contributed by atoms with Crippen LogP contribution in [0.4, 0.5) is 0 Å². The SMILES string of the molecule is COC(C)C(=O)N1CCCN(C)CC1C. The Morgan fingerprint density at radius 1 is 1.47 bits per heavy atom. The maximum absolute atomic E-state index is 12.0. The molecule has 1 heterocycles. The van der Waals surface area contributed by atoms with E-state index in [1.807, 2.05) is 11.8 Å². The van der Waals surface area contributed by atoms with Crippen molar-refractivity contribution in [3.8, 4) is 0 Å². The second-order valence-electron chi connectivity index (χ2n) is 4.37. The summed E-state index contributed by atoms with van der Waals surface area (Å²) < 4.78 is 5.08. The van der Waals surface area contributed by atoms with Gasteiger partial charge in [-0.1, -0.05) is 0 Å². The minimum absolute atomic E-state index is 0.111. The standard InChI is InChI=1S/C11H22N2O2/c1-9-8-12(3)6-5-7-13(9)11(14)10(2)15-4/h9-10H,5-8H2,1-4H3. The molecule has 1 fully saturated rings. The van der Waals surface area contributed by atoms with Crippen LogP contribution >= 0.6 is 0 Å². The van der Waals surface area contributed by atoms with Gasteiger partial charge in [-0.05, 0) is 33.9 Å². The maximum Gasteiger partial charge on any atom is 0.251 e. The Hall–Kier alpha value is -0.610. The van der Waals surface area contributed by atoms with E-state index in [0.717, 1.165) is 26.1 Å². The molecule has 2 unspecified atom stereocenters. The number of rotatable bonds is 2. The zero-order valence-corrected chi connectivity index (χ0v) is 10.2. The number of hydrogen-bond acceptors (Lipinski definition) is 3. The van der Waals surface area contributed by atoms with E-state index in [2.05, 4.69) is 18.9 Å². The molecule has 0 aromatic heterocycles. The third-order valence-corrected chi connectivity index (χ3v) is 3.03. The van der Waals surface area contributed by atoms with Crippen molar-refractivity contribution in [2.45, 2.75) is 32.4 Å². The molecule has 0 N–H and O–H groups in total. The summed E-state index contributed by atoms with van der Waals surface area (Å²) in [6.07, 6.45) is 0.721. The van der Waals surface area contributed by atoms with Gasteiger partial charge in [0.05, 0.1) is 0 Å². The van der Waals surface area contributed by atoms with Crippen LogP contribution in [0.1, 0.15) is 20.3 Å². The molecule has 88 valence electrons. The molecule has 0 bridgehead atoms. The van der Waals surface area contributed by atoms with Crippen molar-refractivity contribution in [2.75, 3.05) is 33.8 Å². The van der Waals surface area contributed by atoms with E-state index < -0.39 is 0 Å². The number of likely N-dealkylation sites (N-methyl/N-ethyl adjacent to an activating group) is 1. The van der Waals surface area contributed by atoms with Gasteiger partial charge in [-0.2, -0.15) is 0 Å². The molecule has 0 aromatic rings. The van der Waals surface area contributed by atoms with Gasteiger partial charge in [-0.3, -0.25) is 4.79 Å². The maximum atomic E-state index is 12.0. The van der Waals surface area contributed by atoms with Crippen LogP contribution in [0.25, 0.3) is 0 Å². The number of carbonyl (C=O) groups is 1. The lowest BCUT2D eigenvalue weighted by Crippen LogP contribution is -2.46. The van der Waals surface area contributed by atoms with Crippen LogP contribution < -0.4 is 0 Å². The summed E-state index contributed by atoms with van der Waals surface area (Å²) in [5, 5.41) is 0. The molecule has 0 aromatic carbocycles. The number of amides is 1. The predicted molar refractivity (Wildman–Crippen MR) is 59.8 cm³/mol. The number of ether oxygens (including phenoxy) is 1. The van der Waals surface area contributed by atoms with Gasteiger partial charge in [0.1, 0.15) is 6.10 Å². The summed E-state index contributed by atoms with van der Waals surface area (Å²) in [6.45, 7) is 6.77. The zero-order valence-electron chi connectivity index (χ0n) is 10.2. The quantitative estimate of drug-likeness (QED) is 0.674. The molecule has 1 amide bonds. The predicted octanol–water partition coefficient (Wildman–Crippen LogP) is 0.574. The van der Waals surface area contributed by atoms with E-state index in [9.17, 15) is 4.79 Å². The van der Waals surface area contributed by atoms with E-state index in [4.69, 9.17) is 4.74 Å². The first kappa shape index (κ1) is 12.5. The molecule has 4 nitrogen and oxygen atoms in total. The van der Waals surface area contributed by atoms with Gasteiger partial charge in [0.25, 0.3) is 5.91 Å². The topological polar surface area (TPSA) is 32.8 Å². The van der Waals surface area contributed by atoms with Crippen molar-refractivity contribution in [1.82, 2.24) is 9.80 Å². The first-order chi connectivity index (χ1) is 7.06. The Morgan fingerprint density at radius 3 is 2.73 bits per heavy atom. The van der Waals surface area contributed by atoms with Crippen molar-refractivity contribution in [3.05, 3.63) is 0 Å². The largest absolute Gasteiger partial charge is 0.372 e. The van der Waals surface area contributed by atoms with Crippen molar-refractivity contribution < 1.29 is 9.53 Å². The van der Waals surface area contributed by atoms with Crippen LogP contribution in [0.3, 0.4) is 0 Å². The second kappa shape index (κ2) is 5.47. The summed E-state index contributed by atoms with van der Waals surface area (Å²) >= 11 is 0. The molecule has 15 heavy (non-hydrogen) atoms. The molecule has 0 aliphatic carbocycles. The smallest absolute Gasteiger partial charge is 0.251 e. The molecule has 1 aliphatic heterocycles. The number of methoxy groups -OCH3 is 1. The molecule has 1 aliphatic rings. The highest BCUT2D eigenvalue weighted by Crippen LogP contribution is 2.10. The van der Waals surface area contributed by atoms with Gasteiger partial charge in [0, 0.05) is 26.2 Å². The average molecular weight is 214 g/mol. The fraction of sp³-hybridized carbons (Fsp3) is 0.909. The molecule has 1 rings (SSSR count). The third-order valence-electron chi connectivity index (χ3n) is 3.03. The Bertz CT molecular complexity index is 221. The number of nitrogens with zero attached hydrogens (tertiary/aromatic N) is 2. The molecule has 4 heteroatoms. The summed E-state index contributed by atoms with van der Waals surface area (Å²) in [5.74, 6) is 0.111. The fourth-order valence-corrected chi connectivity index (χ4v) is 2.03. The van der Waals surface area contributed by atoms with Crippen molar-refractivity contribution >= 4 is 5.91 Å². The fourth-order valence-electron chi connectivity index (χ4n) is 2.03.